The second-order valence-electron chi connectivity index (χ2n) is 5.04. The van der Waals surface area contributed by atoms with E-state index in [1.54, 1.807) is 12.1 Å². The van der Waals surface area contributed by atoms with Gasteiger partial charge in [-0.15, -0.1) is 0 Å². The molecular formula is C14H22N2O2S2. The molecule has 0 amide bonds. The SMILES string of the molecule is CCSCCC(C)NS(=O)(=O)c1ccc2c(c1)CNC2. The van der Waals surface area contributed by atoms with Crippen LogP contribution in [-0.2, 0) is 23.1 Å². The third kappa shape index (κ3) is 3.97. The Labute approximate surface area is 125 Å². The first-order valence-electron chi connectivity index (χ1n) is 6.95. The standard InChI is InChI=1S/C14H22N2O2S2/c1-3-19-7-6-11(2)16-20(17,18)14-5-4-12-9-15-10-13(12)8-14/h4-5,8,11,15-16H,3,6-7,9-10H2,1-2H3. The lowest BCUT2D eigenvalue weighted by molar-refractivity contribution is 0.557. The highest BCUT2D eigenvalue weighted by Gasteiger charge is 2.20. The van der Waals surface area contributed by atoms with Crippen molar-refractivity contribution in [1.29, 1.82) is 0 Å². The second-order valence-corrected chi connectivity index (χ2v) is 8.15. The van der Waals surface area contributed by atoms with E-state index < -0.39 is 10.0 Å². The van der Waals surface area contributed by atoms with Crippen LogP contribution in [0.5, 0.6) is 0 Å². The lowest BCUT2D eigenvalue weighted by Gasteiger charge is -2.14. The van der Waals surface area contributed by atoms with E-state index in [0.29, 0.717) is 4.90 Å². The van der Waals surface area contributed by atoms with E-state index in [2.05, 4.69) is 17.0 Å². The maximum atomic E-state index is 12.3. The Kier molecular flexibility index (Phi) is 5.49. The minimum atomic E-state index is -3.41. The van der Waals surface area contributed by atoms with Crippen LogP contribution in [0, 0.1) is 0 Å². The van der Waals surface area contributed by atoms with Gasteiger partial charge in [0.15, 0.2) is 0 Å². The molecule has 4 nitrogen and oxygen atoms in total. The highest BCUT2D eigenvalue weighted by Crippen LogP contribution is 2.20. The van der Waals surface area contributed by atoms with Crippen LogP contribution in [0.4, 0.5) is 0 Å². The first-order chi connectivity index (χ1) is 9.53. The van der Waals surface area contributed by atoms with Crippen molar-refractivity contribution >= 4 is 21.8 Å². The zero-order valence-corrected chi connectivity index (χ0v) is 13.6. The van der Waals surface area contributed by atoms with Gasteiger partial charge in [-0.1, -0.05) is 13.0 Å². The molecule has 20 heavy (non-hydrogen) atoms. The summed E-state index contributed by atoms with van der Waals surface area (Å²) in [6.07, 6.45) is 0.851. The van der Waals surface area contributed by atoms with Crippen LogP contribution in [-0.4, -0.2) is 26.0 Å². The predicted octanol–water partition coefficient (Wildman–Crippen LogP) is 2.10. The van der Waals surface area contributed by atoms with Crippen LogP contribution >= 0.6 is 11.8 Å². The number of nitrogens with one attached hydrogen (secondary N) is 2. The lowest BCUT2D eigenvalue weighted by atomic mass is 10.1. The van der Waals surface area contributed by atoms with Crippen molar-refractivity contribution in [2.45, 2.75) is 44.3 Å². The van der Waals surface area contributed by atoms with Crippen molar-refractivity contribution in [3.63, 3.8) is 0 Å². The summed E-state index contributed by atoms with van der Waals surface area (Å²) in [6.45, 7) is 5.61. The number of sulfonamides is 1. The molecule has 0 saturated heterocycles. The molecule has 1 heterocycles. The van der Waals surface area contributed by atoms with Crippen molar-refractivity contribution in [3.8, 4) is 0 Å². The summed E-state index contributed by atoms with van der Waals surface area (Å²) in [7, 11) is -3.41. The molecule has 0 bridgehead atoms. The Bertz CT molecular complexity index is 558. The van der Waals surface area contributed by atoms with Crippen molar-refractivity contribution in [3.05, 3.63) is 29.3 Å². The number of thioether (sulfide) groups is 1. The van der Waals surface area contributed by atoms with Crippen molar-refractivity contribution in [2.24, 2.45) is 0 Å². The Morgan fingerprint density at radius 2 is 2.10 bits per heavy atom. The number of rotatable bonds is 7. The highest BCUT2D eigenvalue weighted by molar-refractivity contribution is 7.99. The van der Waals surface area contributed by atoms with E-state index in [0.717, 1.165) is 36.6 Å². The van der Waals surface area contributed by atoms with Gasteiger partial charge in [-0.2, -0.15) is 11.8 Å². The molecule has 1 atom stereocenters. The third-order valence-corrected chi connectivity index (χ3v) is 5.89. The topological polar surface area (TPSA) is 58.2 Å². The van der Waals surface area contributed by atoms with Crippen LogP contribution in [0.2, 0.25) is 0 Å². The molecule has 6 heteroatoms. The lowest BCUT2D eigenvalue weighted by Crippen LogP contribution is -2.33. The van der Waals surface area contributed by atoms with Crippen LogP contribution < -0.4 is 10.0 Å². The van der Waals surface area contributed by atoms with Gasteiger partial charge >= 0.3 is 0 Å². The van der Waals surface area contributed by atoms with Gasteiger partial charge in [0.1, 0.15) is 0 Å². The van der Waals surface area contributed by atoms with Gasteiger partial charge in [-0.05, 0) is 48.1 Å². The molecule has 0 radical (unpaired) electrons. The molecule has 2 rings (SSSR count). The summed E-state index contributed by atoms with van der Waals surface area (Å²) in [5, 5.41) is 3.22. The summed E-state index contributed by atoms with van der Waals surface area (Å²) >= 11 is 1.83. The van der Waals surface area contributed by atoms with Crippen molar-refractivity contribution < 1.29 is 8.42 Å². The number of hydrogen-bond donors (Lipinski definition) is 2. The molecule has 1 aromatic rings. The molecule has 0 spiro atoms. The second kappa shape index (κ2) is 6.93. The van der Waals surface area contributed by atoms with Crippen LogP contribution in [0.3, 0.4) is 0 Å². The van der Waals surface area contributed by atoms with Crippen molar-refractivity contribution in [1.82, 2.24) is 10.0 Å². The average molecular weight is 314 g/mol. The molecule has 112 valence electrons. The van der Waals surface area contributed by atoms with Crippen molar-refractivity contribution in [2.75, 3.05) is 11.5 Å². The summed E-state index contributed by atoms with van der Waals surface area (Å²) in [5.41, 5.74) is 2.28. The largest absolute Gasteiger partial charge is 0.309 e. The third-order valence-electron chi connectivity index (χ3n) is 3.37. The van der Waals surface area contributed by atoms with E-state index in [1.165, 1.54) is 5.56 Å². The molecule has 2 N–H and O–H groups in total. The number of benzene rings is 1. The maximum absolute atomic E-state index is 12.3. The van der Waals surface area contributed by atoms with Gasteiger partial charge in [0.2, 0.25) is 10.0 Å². The van der Waals surface area contributed by atoms with Gasteiger partial charge in [-0.3, -0.25) is 0 Å². The zero-order valence-electron chi connectivity index (χ0n) is 12.0. The smallest absolute Gasteiger partial charge is 0.240 e. The molecule has 1 aliphatic heterocycles. The van der Waals surface area contributed by atoms with Gasteiger partial charge in [0.05, 0.1) is 4.90 Å². The zero-order chi connectivity index (χ0) is 14.6. The molecular weight excluding hydrogens is 292 g/mol. The van der Waals surface area contributed by atoms with E-state index in [4.69, 9.17) is 0 Å². The molecule has 0 aliphatic carbocycles. The van der Waals surface area contributed by atoms with E-state index >= 15 is 0 Å². The molecule has 0 saturated carbocycles. The molecule has 0 aromatic heterocycles. The quantitative estimate of drug-likeness (QED) is 0.757. The molecule has 1 unspecified atom stereocenters. The molecule has 1 aliphatic rings. The fraction of sp³-hybridized carbons (Fsp3) is 0.571. The average Bonchev–Trinajstić information content (AvgIpc) is 2.85. The van der Waals surface area contributed by atoms with Crippen LogP contribution in [0.1, 0.15) is 31.4 Å². The van der Waals surface area contributed by atoms with Gasteiger partial charge < -0.3 is 5.32 Å². The van der Waals surface area contributed by atoms with Gasteiger partial charge in [0.25, 0.3) is 0 Å². The maximum Gasteiger partial charge on any atom is 0.240 e. The van der Waals surface area contributed by atoms with Crippen LogP contribution in [0.15, 0.2) is 23.1 Å². The van der Waals surface area contributed by atoms with Gasteiger partial charge in [-0.25, -0.2) is 13.1 Å². The minimum absolute atomic E-state index is 0.0366. The fourth-order valence-electron chi connectivity index (χ4n) is 2.23. The Balaban J connectivity index is 2.03. The first-order valence-corrected chi connectivity index (χ1v) is 9.59. The van der Waals surface area contributed by atoms with E-state index in [9.17, 15) is 8.42 Å². The van der Waals surface area contributed by atoms with Gasteiger partial charge in [0, 0.05) is 19.1 Å². The summed E-state index contributed by atoms with van der Waals surface area (Å²) in [5.74, 6) is 2.05. The Morgan fingerprint density at radius 1 is 1.35 bits per heavy atom. The minimum Gasteiger partial charge on any atom is -0.309 e. The molecule has 1 aromatic carbocycles. The highest BCUT2D eigenvalue weighted by atomic mass is 32.2. The Hall–Kier alpha value is -0.560. The fourth-order valence-corrected chi connectivity index (χ4v) is 4.37. The van der Waals surface area contributed by atoms with E-state index in [1.807, 2.05) is 24.8 Å². The number of hydrogen-bond acceptors (Lipinski definition) is 4. The normalized spacial score (nSPS) is 16.1. The van der Waals surface area contributed by atoms with Crippen LogP contribution in [0.25, 0.3) is 0 Å². The first kappa shape index (κ1) is 15.8. The number of fused-ring (bicyclic) bond motifs is 1. The summed E-state index contributed by atoms with van der Waals surface area (Å²) in [4.78, 5) is 0.370. The molecule has 0 fully saturated rings. The Morgan fingerprint density at radius 3 is 2.85 bits per heavy atom. The monoisotopic (exact) mass is 314 g/mol. The van der Waals surface area contributed by atoms with E-state index in [-0.39, 0.29) is 6.04 Å². The summed E-state index contributed by atoms with van der Waals surface area (Å²) < 4.78 is 27.4. The summed E-state index contributed by atoms with van der Waals surface area (Å²) in [6, 6.07) is 5.35. The predicted molar refractivity (Wildman–Crippen MR) is 84.4 cm³/mol.